The second-order valence-corrected chi connectivity index (χ2v) is 7.26. The number of rotatable bonds is 8. The summed E-state index contributed by atoms with van der Waals surface area (Å²) in [5.74, 6) is 0.903. The molecule has 158 valence electrons. The summed E-state index contributed by atoms with van der Waals surface area (Å²) in [6, 6.07) is 14.7. The van der Waals surface area contributed by atoms with Crippen LogP contribution >= 0.6 is 0 Å². The first-order valence-electron chi connectivity index (χ1n) is 9.74. The highest BCUT2D eigenvalue weighted by Gasteiger charge is 2.31. The first-order valence-corrected chi connectivity index (χ1v) is 9.74. The summed E-state index contributed by atoms with van der Waals surface area (Å²) in [4.78, 5) is 11.3. The fraction of sp³-hybridized carbons (Fsp3) is 0.304. The van der Waals surface area contributed by atoms with Crippen molar-refractivity contribution in [3.63, 3.8) is 0 Å². The van der Waals surface area contributed by atoms with Crippen molar-refractivity contribution >= 4 is 5.97 Å². The summed E-state index contributed by atoms with van der Waals surface area (Å²) in [5.41, 5.74) is 2.70. The molecule has 0 aliphatic rings. The van der Waals surface area contributed by atoms with Crippen LogP contribution < -0.4 is 14.2 Å². The molecule has 3 rings (SSSR count). The zero-order chi connectivity index (χ0) is 21.8. The van der Waals surface area contributed by atoms with Crippen molar-refractivity contribution in [2.75, 3.05) is 14.2 Å². The lowest BCUT2D eigenvalue weighted by atomic mass is 10.0. The van der Waals surface area contributed by atoms with Crippen molar-refractivity contribution in [2.24, 2.45) is 0 Å². The molecule has 0 aliphatic heterocycles. The van der Waals surface area contributed by atoms with Gasteiger partial charge in [0.1, 0.15) is 18.0 Å². The van der Waals surface area contributed by atoms with E-state index >= 15 is 0 Å². The molecule has 0 fully saturated rings. The van der Waals surface area contributed by atoms with E-state index in [2.05, 4.69) is 0 Å². The molecule has 2 aromatic carbocycles. The molecule has 1 heterocycles. The highest BCUT2D eigenvalue weighted by molar-refractivity contribution is 5.78. The minimum Gasteiger partial charge on any atom is -0.710 e. The minimum atomic E-state index is -0.914. The van der Waals surface area contributed by atoms with Crippen LogP contribution in [0.4, 0.5) is 0 Å². The zero-order valence-electron chi connectivity index (χ0n) is 17.6. The van der Waals surface area contributed by atoms with Crippen molar-refractivity contribution in [1.29, 1.82) is 0 Å². The van der Waals surface area contributed by atoms with Crippen molar-refractivity contribution in [3.05, 3.63) is 59.6 Å². The van der Waals surface area contributed by atoms with Gasteiger partial charge in [0.25, 0.3) is 5.82 Å². The maximum absolute atomic E-state index is 13.4. The van der Waals surface area contributed by atoms with Gasteiger partial charge < -0.3 is 19.8 Å². The molecule has 0 saturated carbocycles. The second-order valence-electron chi connectivity index (χ2n) is 7.26. The van der Waals surface area contributed by atoms with Crippen molar-refractivity contribution < 1.29 is 24.1 Å². The molecule has 1 N–H and O–H groups in total. The van der Waals surface area contributed by atoms with Crippen LogP contribution in [-0.2, 0) is 11.3 Å². The molecule has 0 aliphatic carbocycles. The maximum atomic E-state index is 13.4. The number of methoxy groups -OCH3 is 2. The Bertz CT molecular complexity index is 1020. The lowest BCUT2D eigenvalue weighted by Crippen LogP contribution is -2.34. The molecule has 0 unspecified atom stereocenters. The number of carbonyl (C=O) groups is 1. The first-order chi connectivity index (χ1) is 14.4. The topological polar surface area (TPSA) is 87.6 Å². The van der Waals surface area contributed by atoms with Gasteiger partial charge in [-0.2, -0.15) is 0 Å². The monoisotopic (exact) mass is 410 g/mol. The van der Waals surface area contributed by atoms with Gasteiger partial charge >= 0.3 is 5.97 Å². The summed E-state index contributed by atoms with van der Waals surface area (Å²) in [5, 5.41) is 22.7. The van der Waals surface area contributed by atoms with Crippen LogP contribution in [0.5, 0.6) is 11.5 Å². The number of carboxylic acids is 1. The Morgan fingerprint density at radius 2 is 1.50 bits per heavy atom. The lowest BCUT2D eigenvalue weighted by Gasteiger charge is -2.10. The number of carboxylic acid groups (broad SMARTS) is 1. The molecule has 1 aromatic heterocycles. The fourth-order valence-electron chi connectivity index (χ4n) is 3.59. The Morgan fingerprint density at radius 1 is 1.00 bits per heavy atom. The molecule has 0 spiro atoms. The number of benzene rings is 2. The van der Waals surface area contributed by atoms with Crippen LogP contribution in [0, 0.1) is 5.21 Å². The summed E-state index contributed by atoms with van der Waals surface area (Å²) in [6.07, 6.45) is -0.0837. The Labute approximate surface area is 175 Å². The third kappa shape index (κ3) is 4.10. The van der Waals surface area contributed by atoms with Gasteiger partial charge in [-0.3, -0.25) is 4.79 Å². The maximum Gasteiger partial charge on any atom is 0.307 e. The van der Waals surface area contributed by atoms with E-state index in [1.54, 1.807) is 26.4 Å². The molecular formula is C23H26N2O5. The molecule has 0 amide bonds. The lowest BCUT2D eigenvalue weighted by molar-refractivity contribution is -0.603. The van der Waals surface area contributed by atoms with Crippen molar-refractivity contribution in [3.8, 4) is 34.0 Å². The van der Waals surface area contributed by atoms with Gasteiger partial charge in [-0.25, -0.2) is 9.30 Å². The van der Waals surface area contributed by atoms with Crippen molar-refractivity contribution in [2.45, 2.75) is 32.7 Å². The molecule has 3 aromatic rings. The summed E-state index contributed by atoms with van der Waals surface area (Å²) in [6.45, 7) is 4.05. The fourth-order valence-corrected chi connectivity index (χ4v) is 3.59. The predicted octanol–water partition coefficient (Wildman–Crippen LogP) is 4.07. The van der Waals surface area contributed by atoms with Crippen LogP contribution in [-0.4, -0.2) is 29.9 Å². The Hall–Kier alpha value is -3.48. The van der Waals surface area contributed by atoms with E-state index in [-0.39, 0.29) is 18.9 Å². The van der Waals surface area contributed by atoms with Crippen LogP contribution in [0.25, 0.3) is 22.5 Å². The van der Waals surface area contributed by atoms with E-state index < -0.39 is 5.97 Å². The van der Waals surface area contributed by atoms with E-state index in [1.165, 1.54) is 0 Å². The number of aliphatic carboxylic acids is 1. The van der Waals surface area contributed by atoms with Gasteiger partial charge in [0, 0.05) is 11.1 Å². The minimum absolute atomic E-state index is 0.0837. The third-order valence-corrected chi connectivity index (χ3v) is 4.97. The second kappa shape index (κ2) is 8.90. The van der Waals surface area contributed by atoms with Gasteiger partial charge in [-0.15, -0.1) is 0 Å². The number of aromatic nitrogens is 2. The largest absolute Gasteiger partial charge is 0.710 e. The Morgan fingerprint density at radius 3 is 1.93 bits per heavy atom. The number of hydrogen-bond donors (Lipinski definition) is 1. The highest BCUT2D eigenvalue weighted by Crippen LogP contribution is 2.35. The molecule has 0 radical (unpaired) electrons. The van der Waals surface area contributed by atoms with Crippen molar-refractivity contribution in [1.82, 2.24) is 4.57 Å². The molecule has 0 saturated heterocycles. The number of ether oxygens (including phenoxy) is 2. The van der Waals surface area contributed by atoms with E-state index in [1.807, 2.05) is 54.8 Å². The SMILES string of the molecule is COc1ccc(-c2c(-c3ccc(OC)cc3)[n+]([O-])c(C(C)C)n2CCC(=O)O)cc1. The van der Waals surface area contributed by atoms with E-state index in [0.29, 0.717) is 28.7 Å². The summed E-state index contributed by atoms with van der Waals surface area (Å²) < 4.78 is 13.2. The molecule has 0 bridgehead atoms. The third-order valence-electron chi connectivity index (χ3n) is 4.97. The molecule has 0 atom stereocenters. The normalized spacial score (nSPS) is 11.0. The van der Waals surface area contributed by atoms with E-state index in [9.17, 15) is 15.1 Å². The summed E-state index contributed by atoms with van der Waals surface area (Å²) >= 11 is 0. The van der Waals surface area contributed by atoms with Gasteiger partial charge in [0.15, 0.2) is 11.4 Å². The van der Waals surface area contributed by atoms with Gasteiger partial charge in [0.05, 0.1) is 26.6 Å². The van der Waals surface area contributed by atoms with Gasteiger partial charge in [-0.05, 0) is 48.5 Å². The molecular weight excluding hydrogens is 384 g/mol. The van der Waals surface area contributed by atoms with Crippen LogP contribution in [0.1, 0.15) is 32.0 Å². The quantitative estimate of drug-likeness (QED) is 0.447. The van der Waals surface area contributed by atoms with Gasteiger partial charge in [0.2, 0.25) is 0 Å². The molecule has 7 nitrogen and oxygen atoms in total. The average Bonchev–Trinajstić information content (AvgIpc) is 3.04. The first kappa shape index (κ1) is 21.2. The van der Waals surface area contributed by atoms with Crippen LogP contribution in [0.3, 0.4) is 0 Å². The highest BCUT2D eigenvalue weighted by atomic mass is 16.5. The zero-order valence-corrected chi connectivity index (χ0v) is 17.6. The summed E-state index contributed by atoms with van der Waals surface area (Å²) in [7, 11) is 3.18. The molecule has 7 heteroatoms. The predicted molar refractivity (Wildman–Crippen MR) is 114 cm³/mol. The molecule has 30 heavy (non-hydrogen) atoms. The Balaban J connectivity index is 2.29. The standard InChI is InChI=1S/C23H26N2O5/c1-15(2)23-24(14-13-20(26)27)21(16-5-9-18(29-3)10-6-16)22(25(23)28)17-7-11-19(30-4)12-8-17/h5-12,15H,13-14H2,1-4H3,(H,26,27). The van der Waals surface area contributed by atoms with E-state index in [4.69, 9.17) is 9.47 Å². The smallest absolute Gasteiger partial charge is 0.307 e. The number of imidazole rings is 1. The van der Waals surface area contributed by atoms with E-state index in [0.717, 1.165) is 15.9 Å². The Kier molecular flexibility index (Phi) is 6.30. The number of nitrogens with zero attached hydrogens (tertiary/aromatic N) is 2. The van der Waals surface area contributed by atoms with Crippen LogP contribution in [0.2, 0.25) is 0 Å². The number of hydrogen-bond acceptors (Lipinski definition) is 4. The van der Waals surface area contributed by atoms with Gasteiger partial charge in [-0.1, -0.05) is 13.8 Å². The average molecular weight is 410 g/mol. The van der Waals surface area contributed by atoms with Crippen LogP contribution in [0.15, 0.2) is 48.5 Å².